The molecule has 1 aromatic carbocycles. The Labute approximate surface area is 143 Å². The first-order chi connectivity index (χ1) is 10.4. The summed E-state index contributed by atoms with van der Waals surface area (Å²) in [6.07, 6.45) is 1.97. The van der Waals surface area contributed by atoms with Crippen LogP contribution in [0.3, 0.4) is 0 Å². The highest BCUT2D eigenvalue weighted by molar-refractivity contribution is 5.96. The van der Waals surface area contributed by atoms with Crippen LogP contribution in [-0.4, -0.2) is 28.0 Å². The number of rotatable bonds is 2. The third kappa shape index (κ3) is 3.51. The number of carbonyl (C=O) groups excluding carboxylic acids is 1. The van der Waals surface area contributed by atoms with Crippen LogP contribution in [0, 0.1) is 0 Å². The number of aryl methyl sites for hydroxylation is 1. The largest absolute Gasteiger partial charge is 0.331 e. The number of benzene rings is 1. The molecule has 23 heavy (non-hydrogen) atoms. The van der Waals surface area contributed by atoms with E-state index in [4.69, 9.17) is 4.98 Å². The standard InChI is InChI=1S/C17H24N4O.ClH/c1-17(2,3)16-20-13-10-11(7-8-14(13)21(16)4)19-15(22)12-6-5-9-18-12;/h7-8,10,12,18H,5-6,9H2,1-4H3,(H,19,22);1H. The lowest BCUT2D eigenvalue weighted by molar-refractivity contribution is -0.117. The van der Waals surface area contributed by atoms with Gasteiger partial charge in [-0.1, -0.05) is 20.8 Å². The lowest BCUT2D eigenvalue weighted by atomic mass is 9.96. The number of hydrogen-bond acceptors (Lipinski definition) is 3. The zero-order valence-electron chi connectivity index (χ0n) is 14.1. The predicted molar refractivity (Wildman–Crippen MR) is 96.3 cm³/mol. The lowest BCUT2D eigenvalue weighted by Crippen LogP contribution is -2.35. The van der Waals surface area contributed by atoms with Crippen molar-refractivity contribution in [3.63, 3.8) is 0 Å². The topological polar surface area (TPSA) is 59.0 Å². The normalized spacial score (nSPS) is 18.0. The van der Waals surface area contributed by atoms with Crippen molar-refractivity contribution in [2.45, 2.75) is 45.1 Å². The Morgan fingerprint density at radius 2 is 2.13 bits per heavy atom. The van der Waals surface area contributed by atoms with E-state index in [0.29, 0.717) is 0 Å². The molecule has 2 heterocycles. The molecular weight excluding hydrogens is 312 g/mol. The van der Waals surface area contributed by atoms with E-state index in [1.165, 1.54) is 0 Å². The van der Waals surface area contributed by atoms with Gasteiger partial charge >= 0.3 is 0 Å². The zero-order chi connectivity index (χ0) is 15.9. The van der Waals surface area contributed by atoms with Gasteiger partial charge < -0.3 is 15.2 Å². The first-order valence-electron chi connectivity index (χ1n) is 7.87. The summed E-state index contributed by atoms with van der Waals surface area (Å²) in [4.78, 5) is 16.9. The number of carbonyl (C=O) groups is 1. The zero-order valence-corrected chi connectivity index (χ0v) is 15.0. The van der Waals surface area contributed by atoms with E-state index in [9.17, 15) is 4.79 Å². The average molecular weight is 337 g/mol. The van der Waals surface area contributed by atoms with E-state index in [-0.39, 0.29) is 29.8 Å². The summed E-state index contributed by atoms with van der Waals surface area (Å²) in [5, 5.41) is 6.21. The molecule has 1 aromatic heterocycles. The minimum atomic E-state index is -0.0652. The highest BCUT2D eigenvalue weighted by Crippen LogP contribution is 2.27. The number of nitrogens with zero attached hydrogens (tertiary/aromatic N) is 2. The Balaban J connectivity index is 0.00000192. The Morgan fingerprint density at radius 1 is 1.39 bits per heavy atom. The number of halogens is 1. The van der Waals surface area contributed by atoms with Gasteiger partial charge in [0.1, 0.15) is 5.82 Å². The van der Waals surface area contributed by atoms with Gasteiger partial charge in [-0.2, -0.15) is 0 Å². The first kappa shape index (κ1) is 17.8. The van der Waals surface area contributed by atoms with Crippen LogP contribution in [0.15, 0.2) is 18.2 Å². The van der Waals surface area contributed by atoms with Gasteiger partial charge in [0.05, 0.1) is 17.1 Å². The maximum absolute atomic E-state index is 12.2. The molecule has 2 N–H and O–H groups in total. The van der Waals surface area contributed by atoms with Crippen LogP contribution in [0.25, 0.3) is 11.0 Å². The Kier molecular flexibility index (Phi) is 5.01. The molecule has 1 aliphatic rings. The first-order valence-corrected chi connectivity index (χ1v) is 7.87. The smallest absolute Gasteiger partial charge is 0.241 e. The minimum absolute atomic E-state index is 0. The van der Waals surface area contributed by atoms with Gasteiger partial charge in [-0.3, -0.25) is 4.79 Å². The number of nitrogens with one attached hydrogen (secondary N) is 2. The van der Waals surface area contributed by atoms with Gasteiger partial charge in [0.2, 0.25) is 5.91 Å². The third-order valence-corrected chi connectivity index (χ3v) is 4.20. The number of amides is 1. The van der Waals surface area contributed by atoms with Crippen LogP contribution in [-0.2, 0) is 17.3 Å². The van der Waals surface area contributed by atoms with Crippen molar-refractivity contribution >= 4 is 35.0 Å². The molecule has 1 saturated heterocycles. The van der Waals surface area contributed by atoms with Crippen molar-refractivity contribution in [1.29, 1.82) is 0 Å². The van der Waals surface area contributed by atoms with E-state index >= 15 is 0 Å². The summed E-state index contributed by atoms with van der Waals surface area (Å²) in [7, 11) is 2.04. The molecule has 3 rings (SSSR count). The van der Waals surface area contributed by atoms with Gasteiger partial charge in [0.15, 0.2) is 0 Å². The molecule has 126 valence electrons. The average Bonchev–Trinajstić information content (AvgIpc) is 3.06. The van der Waals surface area contributed by atoms with Crippen molar-refractivity contribution in [3.8, 4) is 0 Å². The van der Waals surface area contributed by atoms with Gasteiger partial charge in [-0.15, -0.1) is 12.4 Å². The second kappa shape index (κ2) is 6.49. The maximum Gasteiger partial charge on any atom is 0.241 e. The Bertz CT molecular complexity index is 711. The summed E-state index contributed by atoms with van der Waals surface area (Å²) in [6, 6.07) is 5.86. The van der Waals surface area contributed by atoms with E-state index < -0.39 is 0 Å². The third-order valence-electron chi connectivity index (χ3n) is 4.20. The number of imidazole rings is 1. The Morgan fingerprint density at radius 3 is 2.74 bits per heavy atom. The summed E-state index contributed by atoms with van der Waals surface area (Å²) >= 11 is 0. The molecule has 0 saturated carbocycles. The van der Waals surface area contributed by atoms with Crippen LogP contribution in [0.4, 0.5) is 5.69 Å². The summed E-state index contributed by atoms with van der Waals surface area (Å²) in [5.74, 6) is 1.09. The maximum atomic E-state index is 12.2. The van der Waals surface area contributed by atoms with Crippen LogP contribution < -0.4 is 10.6 Å². The molecule has 0 spiro atoms. The molecular formula is C17H25ClN4O. The molecule has 0 bridgehead atoms. The molecule has 6 heteroatoms. The number of hydrogen-bond donors (Lipinski definition) is 2. The van der Waals surface area contributed by atoms with Crippen molar-refractivity contribution in [2.75, 3.05) is 11.9 Å². The van der Waals surface area contributed by atoms with E-state index in [2.05, 4.69) is 36.0 Å². The summed E-state index contributed by atoms with van der Waals surface area (Å²) in [6.45, 7) is 7.39. The van der Waals surface area contributed by atoms with Gasteiger partial charge in [0, 0.05) is 18.2 Å². The highest BCUT2D eigenvalue weighted by atomic mass is 35.5. The van der Waals surface area contributed by atoms with Crippen LogP contribution in [0.1, 0.15) is 39.4 Å². The van der Waals surface area contributed by atoms with Crippen LogP contribution in [0.5, 0.6) is 0 Å². The quantitative estimate of drug-likeness (QED) is 0.886. The number of anilines is 1. The van der Waals surface area contributed by atoms with Gasteiger partial charge in [0.25, 0.3) is 0 Å². The molecule has 5 nitrogen and oxygen atoms in total. The molecule has 1 atom stereocenters. The second-order valence-corrected chi connectivity index (χ2v) is 7.09. The highest BCUT2D eigenvalue weighted by Gasteiger charge is 2.23. The summed E-state index contributed by atoms with van der Waals surface area (Å²) in [5.41, 5.74) is 2.81. The fourth-order valence-electron chi connectivity index (χ4n) is 3.09. The van der Waals surface area contributed by atoms with E-state index in [0.717, 1.165) is 41.9 Å². The second-order valence-electron chi connectivity index (χ2n) is 7.09. The molecule has 0 aliphatic carbocycles. The Hall–Kier alpha value is -1.59. The van der Waals surface area contributed by atoms with E-state index in [1.54, 1.807) is 0 Å². The van der Waals surface area contributed by atoms with Crippen molar-refractivity contribution in [1.82, 2.24) is 14.9 Å². The fourth-order valence-corrected chi connectivity index (χ4v) is 3.09. The van der Waals surface area contributed by atoms with Crippen LogP contribution in [0.2, 0.25) is 0 Å². The van der Waals surface area contributed by atoms with Crippen molar-refractivity contribution in [3.05, 3.63) is 24.0 Å². The number of aromatic nitrogens is 2. The lowest BCUT2D eigenvalue weighted by Gasteiger charge is -2.17. The molecule has 1 amide bonds. The monoisotopic (exact) mass is 336 g/mol. The molecule has 1 unspecified atom stereocenters. The molecule has 1 fully saturated rings. The van der Waals surface area contributed by atoms with E-state index in [1.807, 2.05) is 25.2 Å². The fraction of sp³-hybridized carbons (Fsp3) is 0.529. The predicted octanol–water partition coefficient (Wildman–Crippen LogP) is 2.98. The van der Waals surface area contributed by atoms with Crippen LogP contribution >= 0.6 is 12.4 Å². The summed E-state index contributed by atoms with van der Waals surface area (Å²) < 4.78 is 2.12. The SMILES string of the molecule is Cl.Cn1c(C(C)(C)C)nc2cc(NC(=O)C3CCCN3)ccc21. The van der Waals surface area contributed by atoms with Gasteiger partial charge in [-0.25, -0.2) is 4.98 Å². The molecule has 2 aromatic rings. The minimum Gasteiger partial charge on any atom is -0.331 e. The number of fused-ring (bicyclic) bond motifs is 1. The molecule has 1 aliphatic heterocycles. The molecule has 0 radical (unpaired) electrons. The van der Waals surface area contributed by atoms with Crippen molar-refractivity contribution < 1.29 is 4.79 Å². The van der Waals surface area contributed by atoms with Crippen molar-refractivity contribution in [2.24, 2.45) is 7.05 Å². The van der Waals surface area contributed by atoms with Gasteiger partial charge in [-0.05, 0) is 37.6 Å².